The number of hydrogen-bond donors (Lipinski definition) is 2. The Balaban J connectivity index is 1.89. The lowest BCUT2D eigenvalue weighted by atomic mass is 10.3. The Morgan fingerprint density at radius 1 is 1.47 bits per heavy atom. The molecule has 0 aliphatic rings. The number of carbonyl (C=O) groups is 1. The number of amides is 1. The van der Waals surface area contributed by atoms with Gasteiger partial charge in [-0.05, 0) is 25.1 Å². The first-order valence-electron chi connectivity index (χ1n) is 5.51. The van der Waals surface area contributed by atoms with Crippen molar-refractivity contribution in [2.45, 2.75) is 6.92 Å². The van der Waals surface area contributed by atoms with Crippen LogP contribution in [0.4, 0.5) is 5.13 Å². The number of nitrogens with one attached hydrogen (secondary N) is 2. The van der Waals surface area contributed by atoms with Gasteiger partial charge < -0.3 is 4.98 Å². The van der Waals surface area contributed by atoms with E-state index in [4.69, 9.17) is 11.6 Å². The molecule has 3 rings (SSSR count). The summed E-state index contributed by atoms with van der Waals surface area (Å²) in [4.78, 5) is 23.1. The van der Waals surface area contributed by atoms with Crippen molar-refractivity contribution in [3.8, 4) is 0 Å². The summed E-state index contributed by atoms with van der Waals surface area (Å²) in [6.07, 6.45) is 1.49. The quantitative estimate of drug-likeness (QED) is 0.762. The molecular weight excluding hydrogens is 284 g/mol. The molecule has 96 valence electrons. The fourth-order valence-electron chi connectivity index (χ4n) is 1.70. The number of hydrogen-bond acceptors (Lipinski definition) is 4. The summed E-state index contributed by atoms with van der Waals surface area (Å²) >= 11 is 7.29. The molecule has 1 aromatic carbocycles. The lowest BCUT2D eigenvalue weighted by molar-refractivity contribution is 0.102. The second-order valence-corrected chi connectivity index (χ2v) is 5.43. The molecule has 5 nitrogen and oxygen atoms in total. The SMILES string of the molecule is Cc1[nH]cnc1C(=O)Nc1nc2ccc(Cl)cc2s1. The fourth-order valence-corrected chi connectivity index (χ4v) is 2.83. The van der Waals surface area contributed by atoms with Crippen LogP contribution in [-0.4, -0.2) is 20.9 Å². The summed E-state index contributed by atoms with van der Waals surface area (Å²) in [5.41, 5.74) is 1.90. The highest BCUT2D eigenvalue weighted by atomic mass is 35.5. The average Bonchev–Trinajstić information content (AvgIpc) is 2.94. The number of aryl methyl sites for hydroxylation is 1. The predicted octanol–water partition coefficient (Wildman–Crippen LogP) is 3.23. The third kappa shape index (κ3) is 2.32. The number of benzene rings is 1. The topological polar surface area (TPSA) is 70.7 Å². The van der Waals surface area contributed by atoms with Crippen LogP contribution in [0.25, 0.3) is 10.2 Å². The largest absolute Gasteiger partial charge is 0.348 e. The van der Waals surface area contributed by atoms with Crippen LogP contribution in [0.3, 0.4) is 0 Å². The second kappa shape index (κ2) is 4.64. The van der Waals surface area contributed by atoms with Crippen molar-refractivity contribution in [2.24, 2.45) is 0 Å². The van der Waals surface area contributed by atoms with E-state index in [1.165, 1.54) is 17.7 Å². The highest BCUT2D eigenvalue weighted by Gasteiger charge is 2.14. The molecule has 2 aromatic heterocycles. The van der Waals surface area contributed by atoms with E-state index in [-0.39, 0.29) is 5.91 Å². The van der Waals surface area contributed by atoms with Gasteiger partial charge >= 0.3 is 0 Å². The van der Waals surface area contributed by atoms with Gasteiger partial charge in [0.25, 0.3) is 5.91 Å². The van der Waals surface area contributed by atoms with E-state index in [1.54, 1.807) is 13.0 Å². The van der Waals surface area contributed by atoms with Gasteiger partial charge in [0.05, 0.1) is 16.5 Å². The molecule has 0 saturated carbocycles. The van der Waals surface area contributed by atoms with Crippen molar-refractivity contribution in [3.05, 3.63) is 40.9 Å². The molecule has 0 aliphatic heterocycles. The Kier molecular flexibility index (Phi) is 2.96. The van der Waals surface area contributed by atoms with Gasteiger partial charge in [-0.15, -0.1) is 0 Å². The fraction of sp³-hybridized carbons (Fsp3) is 0.0833. The minimum atomic E-state index is -0.274. The molecule has 19 heavy (non-hydrogen) atoms. The standard InChI is InChI=1S/C12H9ClN4OS/c1-6-10(15-5-14-6)11(18)17-12-16-8-3-2-7(13)4-9(8)19-12/h2-5H,1H3,(H,14,15)(H,16,17,18). The number of aromatic amines is 1. The highest BCUT2D eigenvalue weighted by molar-refractivity contribution is 7.22. The molecule has 7 heteroatoms. The molecule has 1 amide bonds. The number of nitrogens with zero attached hydrogens (tertiary/aromatic N) is 2. The van der Waals surface area contributed by atoms with Crippen LogP contribution in [0.5, 0.6) is 0 Å². The van der Waals surface area contributed by atoms with Crippen LogP contribution >= 0.6 is 22.9 Å². The van der Waals surface area contributed by atoms with Crippen molar-refractivity contribution >= 4 is 44.2 Å². The van der Waals surface area contributed by atoms with E-state index in [9.17, 15) is 4.79 Å². The number of H-pyrrole nitrogens is 1. The summed E-state index contributed by atoms with van der Waals surface area (Å²) in [5.74, 6) is -0.274. The molecule has 0 unspecified atom stereocenters. The zero-order valence-electron chi connectivity index (χ0n) is 9.90. The number of rotatable bonds is 2. The maximum Gasteiger partial charge on any atom is 0.277 e. The molecule has 0 saturated heterocycles. The number of thiazole rings is 1. The third-order valence-corrected chi connectivity index (χ3v) is 3.78. The first-order valence-corrected chi connectivity index (χ1v) is 6.70. The number of carbonyl (C=O) groups excluding carboxylic acids is 1. The van der Waals surface area contributed by atoms with Gasteiger partial charge in [0.15, 0.2) is 5.13 Å². The van der Waals surface area contributed by atoms with Crippen LogP contribution in [0, 0.1) is 6.92 Å². The number of imidazole rings is 1. The Bertz CT molecular complexity index is 764. The second-order valence-electron chi connectivity index (χ2n) is 3.96. The Morgan fingerprint density at radius 2 is 2.32 bits per heavy atom. The lowest BCUT2D eigenvalue weighted by Crippen LogP contribution is -2.13. The zero-order chi connectivity index (χ0) is 13.4. The average molecular weight is 293 g/mol. The molecule has 0 atom stereocenters. The van der Waals surface area contributed by atoms with Crippen molar-refractivity contribution in [2.75, 3.05) is 5.32 Å². The van der Waals surface area contributed by atoms with Gasteiger partial charge in [-0.25, -0.2) is 9.97 Å². The molecule has 0 aliphatic carbocycles. The van der Waals surface area contributed by atoms with Crippen molar-refractivity contribution < 1.29 is 4.79 Å². The summed E-state index contributed by atoms with van der Waals surface area (Å²) in [7, 11) is 0. The van der Waals surface area contributed by atoms with Gasteiger partial charge in [0, 0.05) is 10.7 Å². The van der Waals surface area contributed by atoms with Crippen LogP contribution in [0.1, 0.15) is 16.2 Å². The molecule has 0 spiro atoms. The van der Waals surface area contributed by atoms with Gasteiger partial charge in [0.2, 0.25) is 0 Å². The van der Waals surface area contributed by atoms with E-state index in [2.05, 4.69) is 20.3 Å². The van der Waals surface area contributed by atoms with Crippen LogP contribution in [-0.2, 0) is 0 Å². The first kappa shape index (κ1) is 12.1. The third-order valence-electron chi connectivity index (χ3n) is 2.62. The lowest BCUT2D eigenvalue weighted by Gasteiger charge is -1.98. The molecule has 2 N–H and O–H groups in total. The van der Waals surface area contributed by atoms with Crippen molar-refractivity contribution in [1.29, 1.82) is 0 Å². The smallest absolute Gasteiger partial charge is 0.277 e. The summed E-state index contributed by atoms with van der Waals surface area (Å²) < 4.78 is 0.932. The van der Waals surface area contributed by atoms with Gasteiger partial charge in [0.1, 0.15) is 5.69 Å². The van der Waals surface area contributed by atoms with E-state index >= 15 is 0 Å². The zero-order valence-corrected chi connectivity index (χ0v) is 11.5. The van der Waals surface area contributed by atoms with Gasteiger partial charge in [-0.1, -0.05) is 22.9 Å². The molecule has 0 radical (unpaired) electrons. The van der Waals surface area contributed by atoms with Crippen LogP contribution < -0.4 is 5.32 Å². The maximum atomic E-state index is 12.0. The molecule has 0 bridgehead atoms. The first-order chi connectivity index (χ1) is 9.13. The van der Waals surface area contributed by atoms with Crippen molar-refractivity contribution in [1.82, 2.24) is 15.0 Å². The van der Waals surface area contributed by atoms with E-state index < -0.39 is 0 Å². The number of fused-ring (bicyclic) bond motifs is 1. The monoisotopic (exact) mass is 292 g/mol. The van der Waals surface area contributed by atoms with Crippen LogP contribution in [0.15, 0.2) is 24.5 Å². The minimum absolute atomic E-state index is 0.274. The van der Waals surface area contributed by atoms with Gasteiger partial charge in [-0.3, -0.25) is 10.1 Å². The maximum absolute atomic E-state index is 12.0. The number of anilines is 1. The van der Waals surface area contributed by atoms with Crippen LogP contribution in [0.2, 0.25) is 5.02 Å². The van der Waals surface area contributed by atoms with E-state index in [0.29, 0.717) is 15.8 Å². The predicted molar refractivity (Wildman–Crippen MR) is 75.9 cm³/mol. The van der Waals surface area contributed by atoms with E-state index in [0.717, 1.165) is 15.9 Å². The molecular formula is C12H9ClN4OS. The summed E-state index contributed by atoms with van der Waals surface area (Å²) in [6.45, 7) is 1.79. The summed E-state index contributed by atoms with van der Waals surface area (Å²) in [6, 6.07) is 5.42. The minimum Gasteiger partial charge on any atom is -0.348 e. The van der Waals surface area contributed by atoms with E-state index in [1.807, 2.05) is 12.1 Å². The molecule has 2 heterocycles. The van der Waals surface area contributed by atoms with Gasteiger partial charge in [-0.2, -0.15) is 0 Å². The Labute approximate surface area is 117 Å². The van der Waals surface area contributed by atoms with Crippen molar-refractivity contribution in [3.63, 3.8) is 0 Å². The summed E-state index contributed by atoms with van der Waals surface area (Å²) in [5, 5.41) is 3.92. The highest BCUT2D eigenvalue weighted by Crippen LogP contribution is 2.28. The number of aromatic nitrogens is 3. The molecule has 0 fully saturated rings. The number of halogens is 1. The Hall–Kier alpha value is -1.92. The molecule has 3 aromatic rings. The normalized spacial score (nSPS) is 10.8. The Morgan fingerprint density at radius 3 is 3.05 bits per heavy atom.